The standard InChI is InChI=1S/C20H25ClN5O4/c1-5-13(6-2)30-18-9-15(22)20-25(23-11-26(20)24-18)10-16(27)12-7-14(21)19(29-4)17(8-12)28-3/h7-9,11,13H,5-6,10H2,1-4H3,(H2,22,24)/q+1. The fourth-order valence-corrected chi connectivity index (χ4v) is 3.42. The second-order valence-corrected chi connectivity index (χ2v) is 7.07. The van der Waals surface area contributed by atoms with Gasteiger partial charge in [0.25, 0.3) is 12.2 Å². The summed E-state index contributed by atoms with van der Waals surface area (Å²) in [5.74, 6) is 0.933. The lowest BCUT2D eigenvalue weighted by Crippen LogP contribution is -2.41. The number of hydrogen-bond donors (Lipinski definition) is 1. The number of anilines is 1. The maximum absolute atomic E-state index is 12.9. The molecule has 9 nitrogen and oxygen atoms in total. The number of benzene rings is 1. The van der Waals surface area contributed by atoms with E-state index in [2.05, 4.69) is 10.2 Å². The molecule has 3 rings (SSSR count). The van der Waals surface area contributed by atoms with Crippen molar-refractivity contribution in [1.82, 2.24) is 14.7 Å². The van der Waals surface area contributed by atoms with E-state index in [0.717, 1.165) is 12.8 Å². The van der Waals surface area contributed by atoms with Gasteiger partial charge in [-0.25, -0.2) is 0 Å². The third kappa shape index (κ3) is 4.25. The number of fused-ring (bicyclic) bond motifs is 1. The predicted molar refractivity (Wildman–Crippen MR) is 111 cm³/mol. The molecule has 0 unspecified atom stereocenters. The highest BCUT2D eigenvalue weighted by Gasteiger charge is 2.24. The zero-order valence-electron chi connectivity index (χ0n) is 17.4. The first-order chi connectivity index (χ1) is 14.4. The third-order valence-electron chi connectivity index (χ3n) is 4.75. The summed E-state index contributed by atoms with van der Waals surface area (Å²) >= 11 is 6.21. The average Bonchev–Trinajstić information content (AvgIpc) is 3.14. The summed E-state index contributed by atoms with van der Waals surface area (Å²) in [6, 6.07) is 4.76. The van der Waals surface area contributed by atoms with Crippen molar-refractivity contribution in [3.05, 3.63) is 35.1 Å². The minimum atomic E-state index is -0.222. The summed E-state index contributed by atoms with van der Waals surface area (Å²) in [7, 11) is 2.96. The predicted octanol–water partition coefficient (Wildman–Crippen LogP) is 2.72. The Morgan fingerprint density at radius 1 is 1.23 bits per heavy atom. The van der Waals surface area contributed by atoms with E-state index in [1.807, 2.05) is 13.8 Å². The number of ketones is 1. The van der Waals surface area contributed by atoms with Gasteiger partial charge in [-0.1, -0.05) is 30.0 Å². The summed E-state index contributed by atoms with van der Waals surface area (Å²) in [5, 5.41) is 8.93. The Kier molecular flexibility index (Phi) is 6.61. The lowest BCUT2D eigenvalue weighted by molar-refractivity contribution is -0.714. The molecule has 2 N–H and O–H groups in total. The number of carbonyl (C=O) groups excluding carboxylic acids is 1. The molecule has 30 heavy (non-hydrogen) atoms. The molecule has 0 atom stereocenters. The molecule has 3 aromatic rings. The van der Waals surface area contributed by atoms with Gasteiger partial charge in [0, 0.05) is 11.6 Å². The van der Waals surface area contributed by atoms with Gasteiger partial charge in [0.05, 0.1) is 19.2 Å². The lowest BCUT2D eigenvalue weighted by Gasteiger charge is -2.13. The fraction of sp³-hybridized carbons (Fsp3) is 0.400. The molecule has 2 heterocycles. The van der Waals surface area contributed by atoms with Crippen LogP contribution in [0.3, 0.4) is 0 Å². The molecule has 0 bridgehead atoms. The topological polar surface area (TPSA) is 105 Å². The van der Waals surface area contributed by atoms with Gasteiger partial charge in [-0.05, 0) is 35.2 Å². The van der Waals surface area contributed by atoms with Crippen LogP contribution >= 0.6 is 11.6 Å². The van der Waals surface area contributed by atoms with Crippen LogP contribution in [0.25, 0.3) is 5.65 Å². The van der Waals surface area contributed by atoms with Crippen LogP contribution in [0.5, 0.6) is 17.4 Å². The van der Waals surface area contributed by atoms with Crippen LogP contribution < -0.4 is 24.6 Å². The second-order valence-electron chi connectivity index (χ2n) is 6.67. The third-order valence-corrected chi connectivity index (χ3v) is 5.03. The molecule has 0 aliphatic rings. The van der Waals surface area contributed by atoms with Gasteiger partial charge in [-0.3, -0.25) is 4.79 Å². The lowest BCUT2D eigenvalue weighted by atomic mass is 10.1. The fourth-order valence-electron chi connectivity index (χ4n) is 3.13. The van der Waals surface area contributed by atoms with E-state index in [-0.39, 0.29) is 23.5 Å². The Hall–Kier alpha value is -3.07. The summed E-state index contributed by atoms with van der Waals surface area (Å²) in [6.45, 7) is 4.04. The quantitative estimate of drug-likeness (QED) is 0.407. The van der Waals surface area contributed by atoms with Gasteiger partial charge in [0.15, 0.2) is 18.0 Å². The number of nitrogens with zero attached hydrogens (tertiary/aromatic N) is 4. The molecule has 1 aromatic carbocycles. The first kappa shape index (κ1) is 21.6. The number of methoxy groups -OCH3 is 2. The summed E-state index contributed by atoms with van der Waals surface area (Å²) in [4.78, 5) is 12.9. The summed E-state index contributed by atoms with van der Waals surface area (Å²) < 4.78 is 19.3. The van der Waals surface area contributed by atoms with Crippen molar-refractivity contribution in [2.24, 2.45) is 0 Å². The molecule has 0 spiro atoms. The van der Waals surface area contributed by atoms with Crippen molar-refractivity contribution in [3.63, 3.8) is 0 Å². The number of ether oxygens (including phenoxy) is 3. The van der Waals surface area contributed by atoms with E-state index >= 15 is 0 Å². The van der Waals surface area contributed by atoms with Crippen molar-refractivity contribution >= 4 is 28.7 Å². The number of carbonyl (C=O) groups is 1. The van der Waals surface area contributed by atoms with Crippen molar-refractivity contribution in [2.75, 3.05) is 20.0 Å². The molecule has 0 amide bonds. The Balaban J connectivity index is 1.89. The van der Waals surface area contributed by atoms with Gasteiger partial charge in [0.2, 0.25) is 5.78 Å². The van der Waals surface area contributed by atoms with Crippen LogP contribution in [-0.4, -0.2) is 40.8 Å². The molecular formula is C20H25ClN5O4+. The van der Waals surface area contributed by atoms with Crippen LogP contribution in [0.2, 0.25) is 5.02 Å². The molecule has 0 radical (unpaired) electrons. The van der Waals surface area contributed by atoms with Crippen LogP contribution in [-0.2, 0) is 6.54 Å². The van der Waals surface area contributed by atoms with E-state index in [1.165, 1.54) is 35.8 Å². The zero-order chi connectivity index (χ0) is 21.8. The van der Waals surface area contributed by atoms with E-state index in [4.69, 9.17) is 31.5 Å². The monoisotopic (exact) mass is 434 g/mol. The highest BCUT2D eigenvalue weighted by atomic mass is 35.5. The number of hydrogen-bond acceptors (Lipinski definition) is 7. The van der Waals surface area contributed by atoms with E-state index in [1.54, 1.807) is 12.1 Å². The van der Waals surface area contributed by atoms with Crippen LogP contribution in [0.15, 0.2) is 24.5 Å². The van der Waals surface area contributed by atoms with E-state index in [9.17, 15) is 4.79 Å². The first-order valence-corrected chi connectivity index (χ1v) is 9.94. The maximum atomic E-state index is 12.9. The highest BCUT2D eigenvalue weighted by molar-refractivity contribution is 6.32. The zero-order valence-corrected chi connectivity index (χ0v) is 18.1. The number of nitrogen functional groups attached to an aromatic ring is 1. The number of halogens is 1. The number of aromatic nitrogens is 4. The van der Waals surface area contributed by atoms with Crippen LogP contribution in [0, 0.1) is 0 Å². The smallest absolute Gasteiger partial charge is 0.353 e. The molecule has 0 saturated carbocycles. The van der Waals surface area contributed by atoms with Crippen molar-refractivity contribution in [2.45, 2.75) is 39.3 Å². The number of Topliss-reactive ketones (excluding diaryl/α,β-unsaturated/α-hetero) is 1. The molecule has 10 heteroatoms. The van der Waals surface area contributed by atoms with Crippen LogP contribution in [0.4, 0.5) is 5.69 Å². The Bertz CT molecular complexity index is 1070. The van der Waals surface area contributed by atoms with Crippen molar-refractivity contribution in [3.8, 4) is 17.4 Å². The van der Waals surface area contributed by atoms with Gasteiger partial charge in [0.1, 0.15) is 11.8 Å². The number of rotatable bonds is 9. The molecule has 160 valence electrons. The van der Waals surface area contributed by atoms with Crippen molar-refractivity contribution < 1.29 is 23.7 Å². The van der Waals surface area contributed by atoms with Gasteiger partial charge >= 0.3 is 5.65 Å². The molecule has 0 aliphatic heterocycles. The SMILES string of the molecule is CCC(CC)Oc1cc(N)c2n(cn[n+]2CC(=O)c2cc(Cl)c(OC)c(OC)c2)n1. The number of nitrogens with two attached hydrogens (primary N) is 1. The molecule has 0 aliphatic carbocycles. The summed E-state index contributed by atoms with van der Waals surface area (Å²) in [5.41, 5.74) is 7.48. The largest absolute Gasteiger partial charge is 0.493 e. The highest BCUT2D eigenvalue weighted by Crippen LogP contribution is 2.36. The Morgan fingerprint density at radius 2 is 1.97 bits per heavy atom. The van der Waals surface area contributed by atoms with Crippen LogP contribution in [0.1, 0.15) is 37.0 Å². The van der Waals surface area contributed by atoms with Gasteiger partial charge in [-0.15, -0.1) is 4.68 Å². The van der Waals surface area contributed by atoms with E-state index < -0.39 is 0 Å². The van der Waals surface area contributed by atoms with E-state index in [0.29, 0.717) is 34.3 Å². The normalized spacial score (nSPS) is 11.1. The molecule has 0 fully saturated rings. The maximum Gasteiger partial charge on any atom is 0.353 e. The summed E-state index contributed by atoms with van der Waals surface area (Å²) in [6.07, 6.45) is 3.27. The minimum Gasteiger partial charge on any atom is -0.493 e. The second kappa shape index (κ2) is 9.17. The van der Waals surface area contributed by atoms with Crippen molar-refractivity contribution in [1.29, 1.82) is 0 Å². The first-order valence-electron chi connectivity index (χ1n) is 9.57. The Labute approximate surface area is 179 Å². The van der Waals surface area contributed by atoms with Gasteiger partial charge < -0.3 is 19.9 Å². The molecule has 2 aromatic heterocycles. The van der Waals surface area contributed by atoms with Gasteiger partial charge in [-0.2, -0.15) is 0 Å². The molecular weight excluding hydrogens is 410 g/mol. The molecule has 0 saturated heterocycles. The minimum absolute atomic E-state index is 0.0546. The Morgan fingerprint density at radius 3 is 2.60 bits per heavy atom. The average molecular weight is 435 g/mol.